The molecule has 1 aliphatic heterocycles. The van der Waals surface area contributed by atoms with Gasteiger partial charge in [0.15, 0.2) is 0 Å². The van der Waals surface area contributed by atoms with Crippen LogP contribution in [0.1, 0.15) is 18.7 Å². The maximum atomic E-state index is 5.65. The van der Waals surface area contributed by atoms with Crippen LogP contribution in [0.25, 0.3) is 11.3 Å². The minimum absolute atomic E-state index is 0.282. The van der Waals surface area contributed by atoms with Crippen molar-refractivity contribution < 1.29 is 4.74 Å². The van der Waals surface area contributed by atoms with E-state index in [1.54, 1.807) is 0 Å². The van der Waals surface area contributed by atoms with Crippen molar-refractivity contribution >= 4 is 12.2 Å². The number of aromatic amines is 1. The average molecular weight is 272 g/mol. The van der Waals surface area contributed by atoms with Crippen molar-refractivity contribution in [1.29, 1.82) is 0 Å². The van der Waals surface area contributed by atoms with Crippen molar-refractivity contribution in [2.45, 2.75) is 25.4 Å². The fourth-order valence-corrected chi connectivity index (χ4v) is 2.63. The number of ether oxygens (including phenoxy) is 1. The molecule has 4 heteroatoms. The molecular formula is C15H16N2OS. The summed E-state index contributed by atoms with van der Waals surface area (Å²) in [5.74, 6) is 0.915. The summed E-state index contributed by atoms with van der Waals surface area (Å²) in [7, 11) is 0. The van der Waals surface area contributed by atoms with Gasteiger partial charge in [0.1, 0.15) is 10.5 Å². The highest BCUT2D eigenvalue weighted by atomic mass is 32.1. The number of benzene rings is 1. The van der Waals surface area contributed by atoms with E-state index >= 15 is 0 Å². The zero-order chi connectivity index (χ0) is 13.1. The van der Waals surface area contributed by atoms with Gasteiger partial charge in [-0.2, -0.15) is 0 Å². The highest BCUT2D eigenvalue weighted by molar-refractivity contribution is 7.71. The average Bonchev–Trinajstić information content (AvgIpc) is 2.92. The lowest BCUT2D eigenvalue weighted by molar-refractivity contribution is 0.110. The molecule has 19 heavy (non-hydrogen) atoms. The van der Waals surface area contributed by atoms with E-state index in [2.05, 4.69) is 22.1 Å². The molecule has 1 N–H and O–H groups in total. The van der Waals surface area contributed by atoms with Crippen LogP contribution in [0.15, 0.2) is 36.4 Å². The smallest absolute Gasteiger partial charge is 0.130 e. The van der Waals surface area contributed by atoms with Crippen molar-refractivity contribution in [3.8, 4) is 11.3 Å². The summed E-state index contributed by atoms with van der Waals surface area (Å²) in [6.45, 7) is 0.865. The second-order valence-electron chi connectivity index (χ2n) is 4.78. The molecule has 98 valence electrons. The van der Waals surface area contributed by atoms with Crippen LogP contribution in [0.2, 0.25) is 0 Å². The summed E-state index contributed by atoms with van der Waals surface area (Å²) in [6.07, 6.45) is 3.34. The molecule has 3 nitrogen and oxygen atoms in total. The zero-order valence-corrected chi connectivity index (χ0v) is 11.5. The quantitative estimate of drug-likeness (QED) is 0.869. The fraction of sp³-hybridized carbons (Fsp3) is 0.333. The van der Waals surface area contributed by atoms with Gasteiger partial charge < -0.3 is 9.72 Å². The maximum absolute atomic E-state index is 5.65. The van der Waals surface area contributed by atoms with E-state index in [0.29, 0.717) is 4.64 Å². The van der Waals surface area contributed by atoms with Gasteiger partial charge >= 0.3 is 0 Å². The Morgan fingerprint density at radius 2 is 2.16 bits per heavy atom. The van der Waals surface area contributed by atoms with E-state index < -0.39 is 0 Å². The summed E-state index contributed by atoms with van der Waals surface area (Å²) >= 11 is 5.26. The maximum Gasteiger partial charge on any atom is 0.130 e. The Labute approximate surface area is 117 Å². The molecule has 3 rings (SSSR count). The fourth-order valence-electron chi connectivity index (χ4n) is 2.40. The molecule has 2 aromatic rings. The van der Waals surface area contributed by atoms with Crippen molar-refractivity contribution in [3.63, 3.8) is 0 Å². The lowest BCUT2D eigenvalue weighted by Gasteiger charge is -2.10. The number of hydrogen-bond donors (Lipinski definition) is 1. The highest BCUT2D eigenvalue weighted by Crippen LogP contribution is 2.19. The minimum Gasteiger partial charge on any atom is -0.378 e. The van der Waals surface area contributed by atoms with Crippen LogP contribution in [0.4, 0.5) is 0 Å². The van der Waals surface area contributed by atoms with Crippen LogP contribution in [0.3, 0.4) is 0 Å². The summed E-state index contributed by atoms with van der Waals surface area (Å²) in [4.78, 5) is 7.77. The van der Waals surface area contributed by atoms with E-state index in [1.807, 2.05) is 24.3 Å². The largest absolute Gasteiger partial charge is 0.378 e. The van der Waals surface area contributed by atoms with Crippen LogP contribution < -0.4 is 0 Å². The van der Waals surface area contributed by atoms with Crippen LogP contribution in [0, 0.1) is 4.64 Å². The number of nitrogens with one attached hydrogen (secondary N) is 1. The number of nitrogens with zero attached hydrogens (tertiary/aromatic N) is 1. The lowest BCUT2D eigenvalue weighted by Crippen LogP contribution is -2.12. The zero-order valence-electron chi connectivity index (χ0n) is 10.6. The van der Waals surface area contributed by atoms with Gasteiger partial charge in [0, 0.05) is 18.7 Å². The van der Waals surface area contributed by atoms with E-state index in [0.717, 1.165) is 43.0 Å². The lowest BCUT2D eigenvalue weighted by atomic mass is 10.1. The first kappa shape index (κ1) is 12.5. The second kappa shape index (κ2) is 5.63. The third-order valence-electron chi connectivity index (χ3n) is 3.32. The predicted molar refractivity (Wildman–Crippen MR) is 77.5 cm³/mol. The Balaban J connectivity index is 1.89. The van der Waals surface area contributed by atoms with Gasteiger partial charge in [-0.15, -0.1) is 0 Å². The van der Waals surface area contributed by atoms with Crippen LogP contribution in [-0.2, 0) is 11.2 Å². The summed E-state index contributed by atoms with van der Waals surface area (Å²) in [5.41, 5.74) is 2.15. The SMILES string of the molecule is S=c1cc(-c2ccccc2)[nH]c(CC2CCCO2)n1. The van der Waals surface area contributed by atoms with Crippen molar-refractivity contribution in [1.82, 2.24) is 9.97 Å². The van der Waals surface area contributed by atoms with Crippen LogP contribution >= 0.6 is 12.2 Å². The molecule has 1 atom stereocenters. The molecule has 1 unspecified atom stereocenters. The Bertz CT molecular complexity index is 603. The third kappa shape index (κ3) is 3.08. The molecule has 1 aromatic carbocycles. The van der Waals surface area contributed by atoms with E-state index in [9.17, 15) is 0 Å². The molecule has 0 aliphatic carbocycles. The van der Waals surface area contributed by atoms with Crippen molar-refractivity contribution in [3.05, 3.63) is 46.9 Å². The molecule has 1 aromatic heterocycles. The van der Waals surface area contributed by atoms with Crippen LogP contribution in [0.5, 0.6) is 0 Å². The summed E-state index contributed by atoms with van der Waals surface area (Å²) in [6, 6.07) is 12.1. The van der Waals surface area contributed by atoms with Crippen molar-refractivity contribution in [2.75, 3.05) is 6.61 Å². The number of rotatable bonds is 3. The number of aromatic nitrogens is 2. The Morgan fingerprint density at radius 1 is 1.32 bits per heavy atom. The monoisotopic (exact) mass is 272 g/mol. The topological polar surface area (TPSA) is 37.9 Å². The second-order valence-corrected chi connectivity index (χ2v) is 5.20. The summed E-state index contributed by atoms with van der Waals surface area (Å²) in [5, 5.41) is 0. The molecule has 0 radical (unpaired) electrons. The highest BCUT2D eigenvalue weighted by Gasteiger charge is 2.17. The molecule has 2 heterocycles. The van der Waals surface area contributed by atoms with E-state index in [4.69, 9.17) is 17.0 Å². The Kier molecular flexibility index (Phi) is 3.71. The first-order valence-corrected chi connectivity index (χ1v) is 6.99. The minimum atomic E-state index is 0.282. The van der Waals surface area contributed by atoms with Crippen LogP contribution in [-0.4, -0.2) is 22.7 Å². The van der Waals surface area contributed by atoms with Gasteiger partial charge in [-0.05, 0) is 24.5 Å². The molecule has 1 saturated heterocycles. The standard InChI is InChI=1S/C15H16N2OS/c19-15-10-13(11-5-2-1-3-6-11)16-14(17-15)9-12-7-4-8-18-12/h1-3,5-6,10,12H,4,7-9H2,(H,16,17,19). The molecule has 0 bridgehead atoms. The van der Waals surface area contributed by atoms with E-state index in [-0.39, 0.29) is 6.10 Å². The van der Waals surface area contributed by atoms with Gasteiger partial charge in [0.25, 0.3) is 0 Å². The van der Waals surface area contributed by atoms with Gasteiger partial charge in [0.2, 0.25) is 0 Å². The Morgan fingerprint density at radius 3 is 2.89 bits per heavy atom. The molecule has 0 saturated carbocycles. The third-order valence-corrected chi connectivity index (χ3v) is 3.53. The predicted octanol–water partition coefficient (Wildman–Crippen LogP) is 3.53. The normalized spacial score (nSPS) is 18.6. The van der Waals surface area contributed by atoms with Gasteiger partial charge in [0.05, 0.1) is 6.10 Å². The number of hydrogen-bond acceptors (Lipinski definition) is 3. The molecule has 0 amide bonds. The Hall–Kier alpha value is -1.52. The molecular weight excluding hydrogens is 256 g/mol. The first-order chi connectivity index (χ1) is 9.31. The van der Waals surface area contributed by atoms with Crippen molar-refractivity contribution in [2.24, 2.45) is 0 Å². The van der Waals surface area contributed by atoms with Gasteiger partial charge in [-0.1, -0.05) is 42.5 Å². The molecule has 1 aliphatic rings. The van der Waals surface area contributed by atoms with Gasteiger partial charge in [-0.25, -0.2) is 4.98 Å². The van der Waals surface area contributed by atoms with Gasteiger partial charge in [-0.3, -0.25) is 0 Å². The summed E-state index contributed by atoms with van der Waals surface area (Å²) < 4.78 is 6.28. The first-order valence-electron chi connectivity index (χ1n) is 6.58. The van der Waals surface area contributed by atoms with E-state index in [1.165, 1.54) is 0 Å². The molecule has 0 spiro atoms. The number of H-pyrrole nitrogens is 1. The molecule has 1 fully saturated rings.